The van der Waals surface area contributed by atoms with Gasteiger partial charge >= 0.3 is 5.97 Å². The number of aliphatic hydroxyl groups is 1. The fraction of sp³-hybridized carbons (Fsp3) is 0.552. The van der Waals surface area contributed by atoms with Gasteiger partial charge in [0, 0.05) is 11.4 Å². The summed E-state index contributed by atoms with van der Waals surface area (Å²) in [6.07, 6.45) is 4.12. The fourth-order valence-electron chi connectivity index (χ4n) is 6.38. The fourth-order valence-corrected chi connectivity index (χ4v) is 7.56. The quantitative estimate of drug-likeness (QED) is 0.163. The summed E-state index contributed by atoms with van der Waals surface area (Å²) < 4.78 is 12.1. The van der Waals surface area contributed by atoms with Crippen LogP contribution in [0.15, 0.2) is 49.6 Å². The topological polar surface area (TPSA) is 96.4 Å². The Morgan fingerprint density at radius 1 is 1.36 bits per heavy atom. The maximum absolute atomic E-state index is 14.6. The number of para-hydroxylation sites is 1. The van der Waals surface area contributed by atoms with Crippen LogP contribution < -0.4 is 4.90 Å². The molecule has 1 aromatic rings. The minimum absolute atomic E-state index is 0.118. The first kappa shape index (κ1) is 29.8. The first-order valence-electron chi connectivity index (χ1n) is 13.4. The number of carbonyl (C=O) groups excluding carboxylic acids is 3. The van der Waals surface area contributed by atoms with Gasteiger partial charge in [-0.2, -0.15) is 0 Å². The van der Waals surface area contributed by atoms with Crippen molar-refractivity contribution >= 4 is 51.0 Å². The van der Waals surface area contributed by atoms with E-state index in [0.717, 1.165) is 0 Å². The maximum Gasteiger partial charge on any atom is 0.312 e. The summed E-state index contributed by atoms with van der Waals surface area (Å²) in [7, 11) is 0. The van der Waals surface area contributed by atoms with Crippen molar-refractivity contribution in [1.29, 1.82) is 0 Å². The molecular formula is C29H36BrClN2O6. The highest BCUT2D eigenvalue weighted by molar-refractivity contribution is 9.09. The minimum Gasteiger partial charge on any atom is -0.465 e. The van der Waals surface area contributed by atoms with Crippen LogP contribution in [0.4, 0.5) is 5.69 Å². The predicted octanol–water partition coefficient (Wildman–Crippen LogP) is 4.13. The van der Waals surface area contributed by atoms with Gasteiger partial charge in [-0.05, 0) is 30.9 Å². The van der Waals surface area contributed by atoms with Gasteiger partial charge in [0.25, 0.3) is 5.91 Å². The first-order chi connectivity index (χ1) is 18.7. The van der Waals surface area contributed by atoms with Crippen molar-refractivity contribution in [2.75, 3.05) is 24.7 Å². The molecule has 3 aliphatic rings. The van der Waals surface area contributed by atoms with E-state index in [1.165, 1.54) is 9.80 Å². The summed E-state index contributed by atoms with van der Waals surface area (Å²) in [6.45, 7) is 11.3. The van der Waals surface area contributed by atoms with Crippen LogP contribution in [0.2, 0.25) is 5.02 Å². The molecule has 8 atom stereocenters. The van der Waals surface area contributed by atoms with E-state index >= 15 is 0 Å². The van der Waals surface area contributed by atoms with E-state index in [-0.39, 0.29) is 36.4 Å². The molecule has 1 spiro atoms. The summed E-state index contributed by atoms with van der Waals surface area (Å²) in [5.41, 5.74) is -0.805. The van der Waals surface area contributed by atoms with E-state index < -0.39 is 47.5 Å². The van der Waals surface area contributed by atoms with Crippen LogP contribution in [0.3, 0.4) is 0 Å². The van der Waals surface area contributed by atoms with E-state index in [0.29, 0.717) is 30.0 Å². The normalized spacial score (nSPS) is 30.5. The van der Waals surface area contributed by atoms with Crippen molar-refractivity contribution in [3.05, 3.63) is 54.6 Å². The smallest absolute Gasteiger partial charge is 0.312 e. The molecule has 0 radical (unpaired) electrons. The second kappa shape index (κ2) is 12.1. The zero-order chi connectivity index (χ0) is 28.5. The molecule has 0 saturated carbocycles. The Hall–Kier alpha value is -2.20. The minimum atomic E-state index is -1.28. The first-order valence-corrected chi connectivity index (χ1v) is 14.7. The molecule has 3 heterocycles. The molecule has 1 aromatic carbocycles. The summed E-state index contributed by atoms with van der Waals surface area (Å²) in [5, 5.41) is 10.9. The average molecular weight is 624 g/mol. The Morgan fingerprint density at radius 2 is 2.08 bits per heavy atom. The van der Waals surface area contributed by atoms with Gasteiger partial charge in [-0.25, -0.2) is 0 Å². The molecule has 0 aliphatic carbocycles. The van der Waals surface area contributed by atoms with Gasteiger partial charge in [-0.3, -0.25) is 14.4 Å². The number of ether oxygens (including phenoxy) is 2. The van der Waals surface area contributed by atoms with Crippen LogP contribution in [0.25, 0.3) is 0 Å². The lowest BCUT2D eigenvalue weighted by atomic mass is 9.70. The Balaban J connectivity index is 1.84. The molecule has 0 aromatic heterocycles. The van der Waals surface area contributed by atoms with Crippen molar-refractivity contribution < 1.29 is 29.0 Å². The highest BCUT2D eigenvalue weighted by atomic mass is 79.9. The van der Waals surface area contributed by atoms with E-state index in [1.54, 1.807) is 36.4 Å². The highest BCUT2D eigenvalue weighted by Crippen LogP contribution is 2.61. The second-order valence-electron chi connectivity index (χ2n) is 10.5. The number of carbonyl (C=O) groups is 3. The molecule has 1 N–H and O–H groups in total. The third-order valence-corrected chi connectivity index (χ3v) is 9.53. The van der Waals surface area contributed by atoms with Crippen LogP contribution in [0.1, 0.15) is 33.1 Å². The lowest BCUT2D eigenvalue weighted by Gasteiger charge is -2.41. The predicted molar refractivity (Wildman–Crippen MR) is 153 cm³/mol. The number of hydrogen-bond acceptors (Lipinski definition) is 6. The number of esters is 1. The number of rotatable bonds is 12. The zero-order valence-electron chi connectivity index (χ0n) is 22.3. The van der Waals surface area contributed by atoms with Crippen LogP contribution in [-0.4, -0.2) is 76.2 Å². The number of fused-ring (bicyclic) bond motifs is 1. The molecule has 2 bridgehead atoms. The molecule has 3 aliphatic heterocycles. The summed E-state index contributed by atoms with van der Waals surface area (Å²) in [6, 6.07) is 5.23. The number of halogens is 2. The third-order valence-electron chi connectivity index (χ3n) is 8.37. The van der Waals surface area contributed by atoms with Crippen LogP contribution in [-0.2, 0) is 23.9 Å². The van der Waals surface area contributed by atoms with Crippen LogP contribution >= 0.6 is 27.5 Å². The van der Waals surface area contributed by atoms with E-state index in [9.17, 15) is 19.5 Å². The molecule has 212 valence electrons. The van der Waals surface area contributed by atoms with E-state index in [1.807, 2.05) is 13.8 Å². The average Bonchev–Trinajstić information content (AvgIpc) is 3.51. The molecule has 3 saturated heterocycles. The molecule has 39 heavy (non-hydrogen) atoms. The molecule has 3 fully saturated rings. The van der Waals surface area contributed by atoms with Crippen LogP contribution in [0.5, 0.6) is 0 Å². The Kier molecular flexibility index (Phi) is 9.26. The van der Waals surface area contributed by atoms with Crippen molar-refractivity contribution in [3.8, 4) is 0 Å². The number of benzene rings is 1. The Morgan fingerprint density at radius 3 is 2.69 bits per heavy atom. The third kappa shape index (κ3) is 4.96. The second-order valence-corrected chi connectivity index (χ2v) is 12.1. The summed E-state index contributed by atoms with van der Waals surface area (Å²) in [4.78, 5) is 45.0. The lowest BCUT2D eigenvalue weighted by molar-refractivity contribution is -0.156. The maximum atomic E-state index is 14.6. The van der Waals surface area contributed by atoms with Gasteiger partial charge < -0.3 is 24.4 Å². The van der Waals surface area contributed by atoms with Gasteiger partial charge in [-0.15, -0.1) is 13.2 Å². The number of anilines is 1. The van der Waals surface area contributed by atoms with Crippen molar-refractivity contribution in [2.45, 2.75) is 61.7 Å². The number of aliphatic hydroxyl groups excluding tert-OH is 1. The lowest BCUT2D eigenvalue weighted by Crippen LogP contribution is -2.60. The number of alkyl halides is 1. The molecule has 3 unspecified atom stereocenters. The monoisotopic (exact) mass is 622 g/mol. The number of hydrogen-bond donors (Lipinski definition) is 1. The molecule has 8 nitrogen and oxygen atoms in total. The summed E-state index contributed by atoms with van der Waals surface area (Å²) in [5.74, 6) is -3.23. The Labute approximate surface area is 243 Å². The van der Waals surface area contributed by atoms with Crippen molar-refractivity contribution in [1.82, 2.24) is 4.90 Å². The number of amides is 2. The number of likely N-dealkylation sites (tertiary alicyclic amines) is 1. The standard InChI is InChI=1S/C29H36BrClN2O6/c1-5-8-14-38-28(37)22-23-26(35)33(21(16-34)17(4)7-3)25(29(23)15-18(30)24(22)39-29)27(36)32(13-6-2)20-12-10-9-11-19(20)31/h5-6,9-12,17-18,21-25,34H,1-2,7-8,13-16H2,3-4H3/t17-,18?,21-,22+,23-,24+,25?,29?/m0/s1. The Bertz CT molecular complexity index is 1130. The van der Waals surface area contributed by atoms with Crippen molar-refractivity contribution in [2.24, 2.45) is 17.8 Å². The molecular weight excluding hydrogens is 588 g/mol. The zero-order valence-corrected chi connectivity index (χ0v) is 24.6. The van der Waals surface area contributed by atoms with Gasteiger partial charge in [0.1, 0.15) is 11.6 Å². The molecule has 2 amide bonds. The largest absolute Gasteiger partial charge is 0.465 e. The summed E-state index contributed by atoms with van der Waals surface area (Å²) >= 11 is 10.2. The van der Waals surface area contributed by atoms with E-state index in [4.69, 9.17) is 21.1 Å². The van der Waals surface area contributed by atoms with E-state index in [2.05, 4.69) is 29.1 Å². The van der Waals surface area contributed by atoms with Crippen molar-refractivity contribution in [3.63, 3.8) is 0 Å². The SMILES string of the molecule is C=CCCOC(=O)[C@H]1[C@@H]2OC3(CC2Br)C(C(=O)N(CC=C)c2ccccc2Cl)N([C@@H](CO)[C@@H](C)CC)C(=O)[C@H]13. The molecule has 10 heteroatoms. The number of nitrogens with zero attached hydrogens (tertiary/aromatic N) is 2. The highest BCUT2D eigenvalue weighted by Gasteiger charge is 2.77. The van der Waals surface area contributed by atoms with Gasteiger partial charge in [-0.1, -0.05) is 72.1 Å². The van der Waals surface area contributed by atoms with Crippen LogP contribution in [0, 0.1) is 17.8 Å². The molecule has 4 rings (SSSR count). The van der Waals surface area contributed by atoms with Gasteiger partial charge in [0.2, 0.25) is 5.91 Å². The van der Waals surface area contributed by atoms with Gasteiger partial charge in [0.05, 0.1) is 47.9 Å². The van der Waals surface area contributed by atoms with Gasteiger partial charge in [0.15, 0.2) is 0 Å².